The van der Waals surface area contributed by atoms with Gasteiger partial charge in [-0.25, -0.2) is 5.43 Å². The van der Waals surface area contributed by atoms with E-state index in [2.05, 4.69) is 37.5 Å². The molecule has 0 aliphatic rings. The minimum Gasteiger partial charge on any atom is -0.271 e. The second-order valence-electron chi connectivity index (χ2n) is 4.58. The molecule has 3 heteroatoms. The Labute approximate surface area is 113 Å². The van der Waals surface area contributed by atoms with Gasteiger partial charge in [0.2, 0.25) is 0 Å². The Morgan fingerprint density at radius 3 is 2.22 bits per heavy atom. The third kappa shape index (κ3) is 2.91. The van der Waals surface area contributed by atoms with Crippen LogP contribution in [0.25, 0.3) is 0 Å². The van der Waals surface area contributed by atoms with Gasteiger partial charge in [-0.3, -0.25) is 5.84 Å². The number of hydrogen-bond donors (Lipinski definition) is 2. The van der Waals surface area contributed by atoms with E-state index >= 15 is 0 Å². The van der Waals surface area contributed by atoms with Gasteiger partial charge < -0.3 is 0 Å². The van der Waals surface area contributed by atoms with Crippen LogP contribution in [0.1, 0.15) is 28.3 Å². The minimum atomic E-state index is -0.0395. The van der Waals surface area contributed by atoms with Gasteiger partial charge in [0.15, 0.2) is 0 Å². The third-order valence-corrected chi connectivity index (χ3v) is 3.16. The summed E-state index contributed by atoms with van der Waals surface area (Å²) in [5.74, 6) is 5.69. The van der Waals surface area contributed by atoms with Crippen molar-refractivity contribution < 1.29 is 0 Å². The number of nitrogens with two attached hydrogens (primary N) is 1. The summed E-state index contributed by atoms with van der Waals surface area (Å²) in [6, 6.07) is 14.1. The summed E-state index contributed by atoms with van der Waals surface area (Å²) in [5, 5.41) is 0.720. The molecule has 0 saturated heterocycles. The van der Waals surface area contributed by atoms with Gasteiger partial charge in [0.1, 0.15) is 0 Å². The van der Waals surface area contributed by atoms with E-state index in [0.717, 1.165) is 16.1 Å². The Morgan fingerprint density at radius 2 is 1.67 bits per heavy atom. The third-order valence-electron chi connectivity index (χ3n) is 2.93. The molecule has 2 rings (SSSR count). The minimum absolute atomic E-state index is 0.0395. The number of hydrogen-bond acceptors (Lipinski definition) is 2. The van der Waals surface area contributed by atoms with E-state index in [1.54, 1.807) is 0 Å². The highest BCUT2D eigenvalue weighted by atomic mass is 35.5. The molecule has 0 radical (unpaired) electrons. The first-order valence-electron chi connectivity index (χ1n) is 5.90. The van der Waals surface area contributed by atoms with Crippen molar-refractivity contribution in [2.75, 3.05) is 0 Å². The van der Waals surface area contributed by atoms with Crippen molar-refractivity contribution in [2.24, 2.45) is 5.84 Å². The number of benzene rings is 2. The molecule has 0 saturated carbocycles. The molecule has 0 bridgehead atoms. The van der Waals surface area contributed by atoms with E-state index in [1.807, 2.05) is 24.3 Å². The first-order valence-corrected chi connectivity index (χ1v) is 6.28. The molecular formula is C15H17ClN2. The standard InChI is InChI=1S/C15H17ClN2/c1-10-6-11(2)8-13(7-10)15(18-17)12-4-3-5-14(16)9-12/h3-9,15,18H,17H2,1-2H3. The van der Waals surface area contributed by atoms with Crippen LogP contribution in [-0.4, -0.2) is 0 Å². The molecule has 18 heavy (non-hydrogen) atoms. The van der Waals surface area contributed by atoms with Crippen LogP contribution in [0.15, 0.2) is 42.5 Å². The average Bonchev–Trinajstić information content (AvgIpc) is 2.28. The predicted molar refractivity (Wildman–Crippen MR) is 76.5 cm³/mol. The molecule has 0 amide bonds. The van der Waals surface area contributed by atoms with Crippen LogP contribution in [0.2, 0.25) is 5.02 Å². The molecule has 2 nitrogen and oxygen atoms in total. The molecule has 0 aliphatic carbocycles. The van der Waals surface area contributed by atoms with Crippen molar-refractivity contribution >= 4 is 11.6 Å². The predicted octanol–water partition coefficient (Wildman–Crippen LogP) is 3.51. The highest BCUT2D eigenvalue weighted by Crippen LogP contribution is 2.25. The van der Waals surface area contributed by atoms with Gasteiger partial charge in [-0.1, -0.05) is 53.1 Å². The number of rotatable bonds is 3. The van der Waals surface area contributed by atoms with Gasteiger partial charge in [-0.2, -0.15) is 0 Å². The summed E-state index contributed by atoms with van der Waals surface area (Å²) in [5.41, 5.74) is 7.53. The van der Waals surface area contributed by atoms with Crippen LogP contribution in [0.5, 0.6) is 0 Å². The molecule has 94 valence electrons. The topological polar surface area (TPSA) is 38.0 Å². The first-order chi connectivity index (χ1) is 8.60. The fraction of sp³-hybridized carbons (Fsp3) is 0.200. The average molecular weight is 261 g/mol. The Morgan fingerprint density at radius 1 is 1.00 bits per heavy atom. The molecule has 0 aromatic heterocycles. The van der Waals surface area contributed by atoms with Crippen molar-refractivity contribution in [2.45, 2.75) is 19.9 Å². The molecule has 2 aromatic rings. The molecule has 0 fully saturated rings. The molecule has 0 spiro atoms. The van der Waals surface area contributed by atoms with Crippen LogP contribution in [0.3, 0.4) is 0 Å². The number of nitrogens with one attached hydrogen (secondary N) is 1. The molecule has 0 heterocycles. The molecule has 1 unspecified atom stereocenters. The SMILES string of the molecule is Cc1cc(C)cc(C(NN)c2cccc(Cl)c2)c1. The molecule has 3 N–H and O–H groups in total. The second-order valence-corrected chi connectivity index (χ2v) is 5.01. The fourth-order valence-electron chi connectivity index (χ4n) is 2.25. The largest absolute Gasteiger partial charge is 0.271 e. The monoisotopic (exact) mass is 260 g/mol. The number of aryl methyl sites for hydroxylation is 2. The summed E-state index contributed by atoms with van der Waals surface area (Å²) in [7, 11) is 0. The van der Waals surface area contributed by atoms with Gasteiger partial charge in [-0.05, 0) is 37.1 Å². The van der Waals surface area contributed by atoms with Crippen molar-refractivity contribution in [1.82, 2.24) is 5.43 Å². The smallest absolute Gasteiger partial charge is 0.0710 e. The molecule has 1 atom stereocenters. The van der Waals surface area contributed by atoms with Crippen molar-refractivity contribution in [1.29, 1.82) is 0 Å². The van der Waals surface area contributed by atoms with E-state index in [9.17, 15) is 0 Å². The van der Waals surface area contributed by atoms with E-state index < -0.39 is 0 Å². The van der Waals surface area contributed by atoms with E-state index in [0.29, 0.717) is 0 Å². The summed E-state index contributed by atoms with van der Waals surface area (Å²) < 4.78 is 0. The zero-order valence-electron chi connectivity index (χ0n) is 10.6. The first kappa shape index (κ1) is 13.1. The number of halogens is 1. The maximum atomic E-state index is 6.03. The summed E-state index contributed by atoms with van der Waals surface area (Å²) >= 11 is 6.03. The maximum Gasteiger partial charge on any atom is 0.0710 e. The molecule has 0 aliphatic heterocycles. The van der Waals surface area contributed by atoms with Crippen LogP contribution >= 0.6 is 11.6 Å². The fourth-order valence-corrected chi connectivity index (χ4v) is 2.45. The lowest BCUT2D eigenvalue weighted by Gasteiger charge is -2.18. The highest BCUT2D eigenvalue weighted by molar-refractivity contribution is 6.30. The van der Waals surface area contributed by atoms with Gasteiger partial charge in [-0.15, -0.1) is 0 Å². The van der Waals surface area contributed by atoms with Crippen LogP contribution in [0.4, 0.5) is 0 Å². The lowest BCUT2D eigenvalue weighted by atomic mass is 9.96. The Balaban J connectivity index is 2.45. The summed E-state index contributed by atoms with van der Waals surface area (Å²) in [4.78, 5) is 0. The second kappa shape index (κ2) is 5.53. The Hall–Kier alpha value is -1.35. The molecular weight excluding hydrogens is 244 g/mol. The van der Waals surface area contributed by atoms with E-state index in [-0.39, 0.29) is 6.04 Å². The lowest BCUT2D eigenvalue weighted by molar-refractivity contribution is 0.636. The molecule has 2 aromatic carbocycles. The van der Waals surface area contributed by atoms with Crippen molar-refractivity contribution in [3.8, 4) is 0 Å². The lowest BCUT2D eigenvalue weighted by Crippen LogP contribution is -2.28. The quantitative estimate of drug-likeness (QED) is 0.655. The summed E-state index contributed by atoms with van der Waals surface area (Å²) in [6.07, 6.45) is 0. The van der Waals surface area contributed by atoms with Gasteiger partial charge in [0, 0.05) is 5.02 Å². The van der Waals surface area contributed by atoms with E-state index in [4.69, 9.17) is 17.4 Å². The maximum absolute atomic E-state index is 6.03. The Bertz CT molecular complexity index is 532. The van der Waals surface area contributed by atoms with Crippen LogP contribution < -0.4 is 11.3 Å². The Kier molecular flexibility index (Phi) is 4.02. The van der Waals surface area contributed by atoms with Gasteiger partial charge in [0.05, 0.1) is 6.04 Å². The number of hydrazine groups is 1. The van der Waals surface area contributed by atoms with Crippen LogP contribution in [0, 0.1) is 13.8 Å². The van der Waals surface area contributed by atoms with Crippen LogP contribution in [-0.2, 0) is 0 Å². The van der Waals surface area contributed by atoms with Gasteiger partial charge >= 0.3 is 0 Å². The van der Waals surface area contributed by atoms with Crippen molar-refractivity contribution in [3.05, 3.63) is 69.7 Å². The highest BCUT2D eigenvalue weighted by Gasteiger charge is 2.13. The zero-order chi connectivity index (χ0) is 13.1. The normalized spacial score (nSPS) is 12.4. The van der Waals surface area contributed by atoms with Gasteiger partial charge in [0.25, 0.3) is 0 Å². The zero-order valence-corrected chi connectivity index (χ0v) is 11.3. The van der Waals surface area contributed by atoms with E-state index in [1.165, 1.54) is 11.1 Å². The summed E-state index contributed by atoms with van der Waals surface area (Å²) in [6.45, 7) is 4.17. The van der Waals surface area contributed by atoms with Crippen molar-refractivity contribution in [3.63, 3.8) is 0 Å².